The van der Waals surface area contributed by atoms with Crippen LogP contribution in [0.5, 0.6) is 0 Å². The smallest absolute Gasteiger partial charge is 0.311 e. The lowest BCUT2D eigenvalue weighted by molar-refractivity contribution is -0.142. The minimum Gasteiger partial charge on any atom is -0.466 e. The normalized spacial score (nSPS) is 9.83. The van der Waals surface area contributed by atoms with Gasteiger partial charge < -0.3 is 9.72 Å². The molecule has 1 aromatic rings. The van der Waals surface area contributed by atoms with Crippen molar-refractivity contribution in [3.8, 4) is 0 Å². The lowest BCUT2D eigenvalue weighted by Gasteiger charge is -1.98. The topological polar surface area (TPSA) is 42.1 Å². The third-order valence-electron chi connectivity index (χ3n) is 1.53. The number of carbonyl (C=O) groups excluding carboxylic acids is 1. The summed E-state index contributed by atoms with van der Waals surface area (Å²) in [7, 11) is 0. The van der Waals surface area contributed by atoms with Gasteiger partial charge in [-0.25, -0.2) is 0 Å². The Hall–Kier alpha value is -1.25. The predicted octanol–water partition coefficient (Wildman–Crippen LogP) is 1.43. The molecule has 1 rings (SSSR count). The first-order valence-corrected chi connectivity index (χ1v) is 4.02. The molecule has 0 aliphatic heterocycles. The molecule has 0 atom stereocenters. The number of carbonyl (C=O) groups is 1. The highest BCUT2D eigenvalue weighted by molar-refractivity contribution is 5.71. The first-order valence-electron chi connectivity index (χ1n) is 4.02. The molecule has 0 saturated heterocycles. The van der Waals surface area contributed by atoms with E-state index in [9.17, 15) is 4.79 Å². The van der Waals surface area contributed by atoms with Crippen molar-refractivity contribution in [2.75, 3.05) is 6.61 Å². The van der Waals surface area contributed by atoms with E-state index in [2.05, 4.69) is 4.98 Å². The van der Waals surface area contributed by atoms with E-state index in [0.29, 0.717) is 13.0 Å². The standard InChI is InChI=1S/C9H13NO2/c1-3-12-9(11)6-8-5-4-7(2)10-8/h4-5,10H,3,6H2,1-2H3. The van der Waals surface area contributed by atoms with Gasteiger partial charge in [0.05, 0.1) is 13.0 Å². The van der Waals surface area contributed by atoms with Crippen LogP contribution in [-0.2, 0) is 16.0 Å². The Bertz CT molecular complexity index is 265. The van der Waals surface area contributed by atoms with Crippen LogP contribution in [0.25, 0.3) is 0 Å². The fraction of sp³-hybridized carbons (Fsp3) is 0.444. The molecule has 0 unspecified atom stereocenters. The van der Waals surface area contributed by atoms with Crippen LogP contribution in [0.15, 0.2) is 12.1 Å². The molecule has 0 fully saturated rings. The molecule has 12 heavy (non-hydrogen) atoms. The van der Waals surface area contributed by atoms with Crippen LogP contribution in [0, 0.1) is 6.92 Å². The minimum atomic E-state index is -0.181. The quantitative estimate of drug-likeness (QED) is 0.692. The minimum absolute atomic E-state index is 0.181. The molecule has 0 radical (unpaired) electrons. The molecule has 3 nitrogen and oxygen atoms in total. The van der Waals surface area contributed by atoms with Gasteiger partial charge in [0.15, 0.2) is 0 Å². The largest absolute Gasteiger partial charge is 0.466 e. The number of esters is 1. The molecule has 1 heterocycles. The van der Waals surface area contributed by atoms with Gasteiger partial charge in [-0.1, -0.05) is 0 Å². The van der Waals surface area contributed by atoms with Crippen molar-refractivity contribution in [2.45, 2.75) is 20.3 Å². The van der Waals surface area contributed by atoms with Gasteiger partial charge in [0, 0.05) is 11.4 Å². The Labute approximate surface area is 71.7 Å². The lowest BCUT2D eigenvalue weighted by Crippen LogP contribution is -2.07. The number of H-pyrrole nitrogens is 1. The third kappa shape index (κ3) is 2.42. The van der Waals surface area contributed by atoms with E-state index in [1.54, 1.807) is 6.92 Å². The number of rotatable bonds is 3. The van der Waals surface area contributed by atoms with Crippen LogP contribution in [0.4, 0.5) is 0 Å². The Balaban J connectivity index is 2.46. The number of hydrogen-bond donors (Lipinski definition) is 1. The Kier molecular flexibility index (Phi) is 2.91. The molecular weight excluding hydrogens is 154 g/mol. The third-order valence-corrected chi connectivity index (χ3v) is 1.53. The summed E-state index contributed by atoms with van der Waals surface area (Å²) in [5, 5.41) is 0. The molecule has 0 aliphatic rings. The zero-order valence-corrected chi connectivity index (χ0v) is 7.39. The molecule has 0 spiro atoms. The average Bonchev–Trinajstić information content (AvgIpc) is 2.36. The maximum atomic E-state index is 11.0. The maximum absolute atomic E-state index is 11.0. The second-order valence-corrected chi connectivity index (χ2v) is 2.65. The first kappa shape index (κ1) is 8.84. The molecule has 3 heteroatoms. The van der Waals surface area contributed by atoms with Crippen LogP contribution < -0.4 is 0 Å². The molecule has 66 valence electrons. The van der Waals surface area contributed by atoms with E-state index < -0.39 is 0 Å². The predicted molar refractivity (Wildman–Crippen MR) is 45.9 cm³/mol. The Morgan fingerprint density at radius 2 is 2.33 bits per heavy atom. The Morgan fingerprint density at radius 1 is 1.58 bits per heavy atom. The zero-order valence-electron chi connectivity index (χ0n) is 7.39. The molecule has 0 aromatic carbocycles. The number of aromatic nitrogens is 1. The van der Waals surface area contributed by atoms with E-state index in [4.69, 9.17) is 4.74 Å². The van der Waals surface area contributed by atoms with E-state index in [0.717, 1.165) is 11.4 Å². The second kappa shape index (κ2) is 3.95. The van der Waals surface area contributed by atoms with E-state index in [-0.39, 0.29) is 5.97 Å². The highest BCUT2D eigenvalue weighted by atomic mass is 16.5. The Morgan fingerprint density at radius 3 is 2.83 bits per heavy atom. The van der Waals surface area contributed by atoms with Gasteiger partial charge in [-0.2, -0.15) is 0 Å². The van der Waals surface area contributed by atoms with Crippen molar-refractivity contribution < 1.29 is 9.53 Å². The number of nitrogens with one attached hydrogen (secondary N) is 1. The molecule has 0 bridgehead atoms. The van der Waals surface area contributed by atoms with Gasteiger partial charge in [0.25, 0.3) is 0 Å². The lowest BCUT2D eigenvalue weighted by atomic mass is 10.3. The van der Waals surface area contributed by atoms with Gasteiger partial charge in [0.1, 0.15) is 0 Å². The summed E-state index contributed by atoms with van der Waals surface area (Å²) in [5.74, 6) is -0.181. The van der Waals surface area contributed by atoms with E-state index >= 15 is 0 Å². The summed E-state index contributed by atoms with van der Waals surface area (Å²) in [6.45, 7) is 4.20. The highest BCUT2D eigenvalue weighted by Crippen LogP contribution is 2.01. The van der Waals surface area contributed by atoms with Crippen molar-refractivity contribution in [1.29, 1.82) is 0 Å². The molecule has 1 aromatic heterocycles. The number of hydrogen-bond acceptors (Lipinski definition) is 2. The molecule has 0 aliphatic carbocycles. The van der Waals surface area contributed by atoms with Crippen molar-refractivity contribution in [3.05, 3.63) is 23.5 Å². The van der Waals surface area contributed by atoms with Gasteiger partial charge >= 0.3 is 5.97 Å². The number of aromatic amines is 1. The average molecular weight is 167 g/mol. The van der Waals surface area contributed by atoms with Crippen molar-refractivity contribution >= 4 is 5.97 Å². The van der Waals surface area contributed by atoms with Crippen molar-refractivity contribution in [2.24, 2.45) is 0 Å². The molecule has 0 amide bonds. The fourth-order valence-electron chi connectivity index (χ4n) is 1.03. The highest BCUT2D eigenvalue weighted by Gasteiger charge is 2.04. The van der Waals surface area contributed by atoms with E-state index in [1.165, 1.54) is 0 Å². The van der Waals surface area contributed by atoms with Crippen LogP contribution in [0.1, 0.15) is 18.3 Å². The van der Waals surface area contributed by atoms with Crippen LogP contribution in [0.3, 0.4) is 0 Å². The second-order valence-electron chi connectivity index (χ2n) is 2.65. The van der Waals surface area contributed by atoms with Crippen LogP contribution in [0.2, 0.25) is 0 Å². The molecule has 1 N–H and O–H groups in total. The van der Waals surface area contributed by atoms with Crippen molar-refractivity contribution in [1.82, 2.24) is 4.98 Å². The molecule has 0 saturated carbocycles. The van der Waals surface area contributed by atoms with Gasteiger partial charge in [-0.05, 0) is 26.0 Å². The number of aryl methyl sites for hydroxylation is 1. The van der Waals surface area contributed by atoms with E-state index in [1.807, 2.05) is 19.1 Å². The monoisotopic (exact) mass is 167 g/mol. The fourth-order valence-corrected chi connectivity index (χ4v) is 1.03. The summed E-state index contributed by atoms with van der Waals surface area (Å²) in [6.07, 6.45) is 0.335. The van der Waals surface area contributed by atoms with Gasteiger partial charge in [-0.15, -0.1) is 0 Å². The zero-order chi connectivity index (χ0) is 8.97. The van der Waals surface area contributed by atoms with Crippen LogP contribution >= 0.6 is 0 Å². The summed E-state index contributed by atoms with van der Waals surface area (Å²) in [6, 6.07) is 3.83. The SMILES string of the molecule is CCOC(=O)Cc1ccc(C)[nH]1. The first-order chi connectivity index (χ1) is 5.72. The molecular formula is C9H13NO2. The summed E-state index contributed by atoms with van der Waals surface area (Å²) < 4.78 is 4.80. The summed E-state index contributed by atoms with van der Waals surface area (Å²) in [5.41, 5.74) is 1.97. The van der Waals surface area contributed by atoms with Crippen molar-refractivity contribution in [3.63, 3.8) is 0 Å². The summed E-state index contributed by atoms with van der Waals surface area (Å²) in [4.78, 5) is 14.0. The van der Waals surface area contributed by atoms with Crippen LogP contribution in [-0.4, -0.2) is 17.6 Å². The summed E-state index contributed by atoms with van der Waals surface area (Å²) >= 11 is 0. The number of ether oxygens (including phenoxy) is 1. The maximum Gasteiger partial charge on any atom is 0.311 e. The van der Waals surface area contributed by atoms with Gasteiger partial charge in [0.2, 0.25) is 0 Å². The van der Waals surface area contributed by atoms with Gasteiger partial charge in [-0.3, -0.25) is 4.79 Å².